The fraction of sp³-hybridized carbons (Fsp3) is 0.444. The van der Waals surface area contributed by atoms with Crippen molar-refractivity contribution in [2.24, 2.45) is 5.41 Å². The predicted molar refractivity (Wildman–Crippen MR) is 164 cm³/mol. The summed E-state index contributed by atoms with van der Waals surface area (Å²) < 4.78 is 11.9. The summed E-state index contributed by atoms with van der Waals surface area (Å²) in [5.41, 5.74) is 2.26. The SMILES string of the molecule is CCCCC(C)(C)Oc1ccc(C(C)(C)c2ccc(OC(=O)c3cccc(C(=O)C(C)(C)CCC)c3)cc2)cc1. The van der Waals surface area contributed by atoms with E-state index in [0.29, 0.717) is 16.9 Å². The quantitative estimate of drug-likeness (QED) is 0.123. The van der Waals surface area contributed by atoms with E-state index in [-0.39, 0.29) is 16.8 Å². The average Bonchev–Trinajstić information content (AvgIpc) is 2.92. The van der Waals surface area contributed by atoms with Crippen LogP contribution in [0.3, 0.4) is 0 Å². The predicted octanol–water partition coefficient (Wildman–Crippen LogP) is 9.59. The average molecular weight is 543 g/mol. The van der Waals surface area contributed by atoms with Crippen molar-refractivity contribution in [3.05, 3.63) is 95.1 Å². The zero-order valence-corrected chi connectivity index (χ0v) is 25.6. The highest BCUT2D eigenvalue weighted by Crippen LogP contribution is 2.34. The summed E-state index contributed by atoms with van der Waals surface area (Å²) in [6.45, 7) is 16.8. The van der Waals surface area contributed by atoms with Gasteiger partial charge in [-0.2, -0.15) is 0 Å². The summed E-state index contributed by atoms with van der Waals surface area (Å²) in [4.78, 5) is 25.9. The molecule has 0 fully saturated rings. The minimum Gasteiger partial charge on any atom is -0.488 e. The molecule has 0 aliphatic heterocycles. The number of rotatable bonds is 13. The maximum atomic E-state index is 13.0. The number of esters is 1. The molecule has 3 aromatic carbocycles. The van der Waals surface area contributed by atoms with E-state index in [1.165, 1.54) is 5.56 Å². The Labute approximate surface area is 241 Å². The lowest BCUT2D eigenvalue weighted by atomic mass is 9.78. The molecule has 4 heteroatoms. The van der Waals surface area contributed by atoms with Crippen LogP contribution in [0.15, 0.2) is 72.8 Å². The van der Waals surface area contributed by atoms with Gasteiger partial charge in [0.15, 0.2) is 5.78 Å². The van der Waals surface area contributed by atoms with Gasteiger partial charge in [-0.25, -0.2) is 4.79 Å². The molecule has 4 nitrogen and oxygen atoms in total. The van der Waals surface area contributed by atoms with Gasteiger partial charge in [0.2, 0.25) is 0 Å². The summed E-state index contributed by atoms with van der Waals surface area (Å²) in [5.74, 6) is 0.899. The van der Waals surface area contributed by atoms with Crippen molar-refractivity contribution < 1.29 is 19.1 Å². The fourth-order valence-corrected chi connectivity index (χ4v) is 5.10. The molecule has 214 valence electrons. The van der Waals surface area contributed by atoms with E-state index in [1.807, 2.05) is 50.2 Å². The van der Waals surface area contributed by atoms with Crippen LogP contribution in [0.5, 0.6) is 11.5 Å². The Balaban J connectivity index is 1.69. The van der Waals surface area contributed by atoms with Crippen LogP contribution in [0.2, 0.25) is 0 Å². The molecule has 0 N–H and O–H groups in total. The first-order valence-corrected chi connectivity index (χ1v) is 14.6. The Morgan fingerprint density at radius 2 is 1.23 bits per heavy atom. The number of carbonyl (C=O) groups is 2. The van der Waals surface area contributed by atoms with Crippen molar-refractivity contribution in [1.29, 1.82) is 0 Å². The molecule has 0 amide bonds. The molecular formula is C36H46O4. The molecule has 3 rings (SSSR count). The van der Waals surface area contributed by atoms with E-state index in [1.54, 1.807) is 24.3 Å². The molecule has 0 unspecified atom stereocenters. The first kappa shape index (κ1) is 31.1. The van der Waals surface area contributed by atoms with Crippen molar-refractivity contribution >= 4 is 11.8 Å². The Morgan fingerprint density at radius 3 is 1.77 bits per heavy atom. The van der Waals surface area contributed by atoms with Crippen LogP contribution in [-0.2, 0) is 5.41 Å². The van der Waals surface area contributed by atoms with Crippen LogP contribution < -0.4 is 9.47 Å². The fourth-order valence-electron chi connectivity index (χ4n) is 5.10. The van der Waals surface area contributed by atoms with Crippen molar-refractivity contribution in [2.45, 2.75) is 98.5 Å². The second-order valence-electron chi connectivity index (χ2n) is 12.6. The first-order chi connectivity index (χ1) is 18.8. The summed E-state index contributed by atoms with van der Waals surface area (Å²) in [7, 11) is 0. The van der Waals surface area contributed by atoms with Gasteiger partial charge in [-0.05, 0) is 80.6 Å². The zero-order chi connectivity index (χ0) is 29.6. The van der Waals surface area contributed by atoms with Crippen LogP contribution in [0.1, 0.15) is 119 Å². The first-order valence-electron chi connectivity index (χ1n) is 14.6. The number of Topliss-reactive ketones (excluding diaryl/α,β-unsaturated/α-hetero) is 1. The Hall–Kier alpha value is -3.40. The van der Waals surface area contributed by atoms with Crippen molar-refractivity contribution in [3.8, 4) is 11.5 Å². The van der Waals surface area contributed by atoms with Crippen molar-refractivity contribution in [3.63, 3.8) is 0 Å². The highest BCUT2D eigenvalue weighted by Gasteiger charge is 2.28. The summed E-state index contributed by atoms with van der Waals surface area (Å²) in [5, 5.41) is 0. The largest absolute Gasteiger partial charge is 0.488 e. The van der Waals surface area contributed by atoms with Gasteiger partial charge in [-0.15, -0.1) is 0 Å². The van der Waals surface area contributed by atoms with Crippen LogP contribution in [0, 0.1) is 5.41 Å². The highest BCUT2D eigenvalue weighted by molar-refractivity contribution is 6.02. The lowest BCUT2D eigenvalue weighted by molar-refractivity contribution is 0.0734. The van der Waals surface area contributed by atoms with Gasteiger partial charge in [-0.3, -0.25) is 4.79 Å². The smallest absolute Gasteiger partial charge is 0.343 e. The highest BCUT2D eigenvalue weighted by atomic mass is 16.5. The van der Waals surface area contributed by atoms with E-state index in [0.717, 1.165) is 43.4 Å². The summed E-state index contributed by atoms with van der Waals surface area (Å²) in [6, 6.07) is 22.8. The molecule has 0 spiro atoms. The molecule has 3 aromatic rings. The number of hydrogen-bond acceptors (Lipinski definition) is 4. The molecule has 0 saturated carbocycles. The van der Waals surface area contributed by atoms with Crippen LogP contribution in [-0.4, -0.2) is 17.4 Å². The zero-order valence-electron chi connectivity index (χ0n) is 25.6. The Bertz CT molecular complexity index is 1280. The molecule has 0 atom stereocenters. The van der Waals surface area contributed by atoms with E-state index < -0.39 is 11.4 Å². The molecule has 40 heavy (non-hydrogen) atoms. The van der Waals surface area contributed by atoms with Gasteiger partial charge < -0.3 is 9.47 Å². The minimum absolute atomic E-state index is 0.0374. The van der Waals surface area contributed by atoms with Gasteiger partial charge in [0.05, 0.1) is 5.56 Å². The van der Waals surface area contributed by atoms with Crippen molar-refractivity contribution in [1.82, 2.24) is 0 Å². The second-order valence-corrected chi connectivity index (χ2v) is 12.6. The molecule has 0 aliphatic carbocycles. The second kappa shape index (κ2) is 12.8. The summed E-state index contributed by atoms with van der Waals surface area (Å²) in [6.07, 6.45) is 5.04. The third-order valence-electron chi connectivity index (χ3n) is 7.74. The molecular weight excluding hydrogens is 496 g/mol. The van der Waals surface area contributed by atoms with Crippen LogP contribution in [0.4, 0.5) is 0 Å². The van der Waals surface area contributed by atoms with Gasteiger partial charge in [0.1, 0.15) is 17.1 Å². The van der Waals surface area contributed by atoms with Gasteiger partial charge in [0.25, 0.3) is 0 Å². The van der Waals surface area contributed by atoms with Gasteiger partial charge in [0, 0.05) is 16.4 Å². The number of hydrogen-bond donors (Lipinski definition) is 0. The lowest BCUT2D eigenvalue weighted by Gasteiger charge is -2.28. The lowest BCUT2D eigenvalue weighted by Crippen LogP contribution is -2.28. The molecule has 0 bridgehead atoms. The number of ketones is 1. The number of benzene rings is 3. The van der Waals surface area contributed by atoms with Gasteiger partial charge >= 0.3 is 5.97 Å². The van der Waals surface area contributed by atoms with Gasteiger partial charge in [-0.1, -0.05) is 90.8 Å². The Morgan fingerprint density at radius 1 is 0.675 bits per heavy atom. The Kier molecular flexibility index (Phi) is 10.00. The third-order valence-corrected chi connectivity index (χ3v) is 7.74. The van der Waals surface area contributed by atoms with Crippen LogP contribution >= 0.6 is 0 Å². The summed E-state index contributed by atoms with van der Waals surface area (Å²) >= 11 is 0. The molecule has 0 heterocycles. The molecule has 0 saturated heterocycles. The van der Waals surface area contributed by atoms with E-state index in [4.69, 9.17) is 9.47 Å². The number of carbonyl (C=O) groups excluding carboxylic acids is 2. The molecule has 0 radical (unpaired) electrons. The normalized spacial score (nSPS) is 12.2. The monoisotopic (exact) mass is 542 g/mol. The number of unbranched alkanes of at least 4 members (excludes halogenated alkanes) is 1. The van der Waals surface area contributed by atoms with E-state index in [2.05, 4.69) is 53.7 Å². The topological polar surface area (TPSA) is 52.6 Å². The van der Waals surface area contributed by atoms with Crippen molar-refractivity contribution in [2.75, 3.05) is 0 Å². The molecule has 0 aliphatic rings. The van der Waals surface area contributed by atoms with E-state index >= 15 is 0 Å². The standard InChI is InChI=1S/C36H46O4/c1-9-11-24-35(5,6)40-31-21-17-29(18-22-31)36(7,8)28-15-19-30(20-16-28)39-33(38)27-14-12-13-26(25-27)32(37)34(3,4)23-10-2/h12-22,25H,9-11,23-24H2,1-8H3. The van der Waals surface area contributed by atoms with E-state index in [9.17, 15) is 9.59 Å². The number of ether oxygens (including phenoxy) is 2. The van der Waals surface area contributed by atoms with Crippen LogP contribution in [0.25, 0.3) is 0 Å². The maximum absolute atomic E-state index is 13.0. The third kappa shape index (κ3) is 7.84. The minimum atomic E-state index is -0.479. The maximum Gasteiger partial charge on any atom is 0.343 e. The molecule has 0 aromatic heterocycles.